The number of benzene rings is 1. The second kappa shape index (κ2) is 5.83. The van der Waals surface area contributed by atoms with Crippen molar-refractivity contribution in [2.45, 2.75) is 32.6 Å². The molecule has 3 nitrogen and oxygen atoms in total. The van der Waals surface area contributed by atoms with E-state index in [2.05, 4.69) is 41.8 Å². The van der Waals surface area contributed by atoms with Gasteiger partial charge in [0.05, 0.1) is 13.5 Å². The lowest BCUT2D eigenvalue weighted by Crippen LogP contribution is -2.03. The molecule has 100 valence electrons. The third-order valence-corrected chi connectivity index (χ3v) is 3.33. The molecular weight excluding hydrogens is 238 g/mol. The number of pyridine rings is 1. The minimum absolute atomic E-state index is 0.196. The molecule has 0 radical (unpaired) electrons. The predicted molar refractivity (Wildman–Crippen MR) is 76.2 cm³/mol. The van der Waals surface area contributed by atoms with Crippen molar-refractivity contribution in [2.24, 2.45) is 0 Å². The Kier molecular flexibility index (Phi) is 4.15. The molecule has 1 heterocycles. The molecule has 0 bridgehead atoms. The molecule has 0 saturated carbocycles. The highest BCUT2D eigenvalue weighted by atomic mass is 16.5. The van der Waals surface area contributed by atoms with Crippen LogP contribution in [-0.2, 0) is 16.0 Å². The molecule has 0 aliphatic carbocycles. The highest BCUT2D eigenvalue weighted by Gasteiger charge is 2.08. The summed E-state index contributed by atoms with van der Waals surface area (Å²) in [6, 6.07) is 8.45. The van der Waals surface area contributed by atoms with E-state index in [-0.39, 0.29) is 5.97 Å². The summed E-state index contributed by atoms with van der Waals surface area (Å²) in [7, 11) is 1.41. The van der Waals surface area contributed by atoms with E-state index in [4.69, 9.17) is 0 Å². The highest BCUT2D eigenvalue weighted by molar-refractivity contribution is 5.85. The van der Waals surface area contributed by atoms with Crippen molar-refractivity contribution in [1.29, 1.82) is 0 Å². The summed E-state index contributed by atoms with van der Waals surface area (Å²) in [6.07, 6.45) is 2.78. The zero-order valence-corrected chi connectivity index (χ0v) is 11.6. The zero-order chi connectivity index (χ0) is 13.8. The second-order valence-corrected chi connectivity index (χ2v) is 4.97. The number of hydrogen-bond donors (Lipinski definition) is 0. The van der Waals surface area contributed by atoms with Gasteiger partial charge in [0.2, 0.25) is 0 Å². The first-order valence-electron chi connectivity index (χ1n) is 6.56. The van der Waals surface area contributed by atoms with Gasteiger partial charge in [-0.2, -0.15) is 0 Å². The molecule has 0 saturated heterocycles. The molecule has 0 N–H and O–H groups in total. The summed E-state index contributed by atoms with van der Waals surface area (Å²) in [5, 5.41) is 2.30. The quantitative estimate of drug-likeness (QED) is 0.787. The average Bonchev–Trinajstić information content (AvgIpc) is 2.43. The molecule has 19 heavy (non-hydrogen) atoms. The molecule has 0 unspecified atom stereocenters. The van der Waals surface area contributed by atoms with Crippen molar-refractivity contribution in [3.63, 3.8) is 0 Å². The third-order valence-electron chi connectivity index (χ3n) is 3.33. The minimum atomic E-state index is -0.196. The van der Waals surface area contributed by atoms with Gasteiger partial charge in [-0.1, -0.05) is 26.0 Å². The van der Waals surface area contributed by atoms with Gasteiger partial charge in [0, 0.05) is 23.7 Å². The van der Waals surface area contributed by atoms with Gasteiger partial charge < -0.3 is 4.74 Å². The molecule has 2 rings (SSSR count). The second-order valence-electron chi connectivity index (χ2n) is 4.97. The minimum Gasteiger partial charge on any atom is -0.469 e. The number of hydrogen-bond acceptors (Lipinski definition) is 3. The average molecular weight is 257 g/mol. The molecular formula is C16H19NO2. The number of methoxy groups -OCH3 is 1. The van der Waals surface area contributed by atoms with Crippen LogP contribution < -0.4 is 0 Å². The van der Waals surface area contributed by atoms with Crippen LogP contribution in [0.1, 0.15) is 37.4 Å². The Hall–Kier alpha value is -1.90. The van der Waals surface area contributed by atoms with Crippen molar-refractivity contribution in [2.75, 3.05) is 7.11 Å². The van der Waals surface area contributed by atoms with Crippen LogP contribution in [-0.4, -0.2) is 18.1 Å². The van der Waals surface area contributed by atoms with Gasteiger partial charge in [-0.15, -0.1) is 0 Å². The van der Waals surface area contributed by atoms with E-state index in [0.29, 0.717) is 18.8 Å². The summed E-state index contributed by atoms with van der Waals surface area (Å²) in [4.78, 5) is 15.7. The third kappa shape index (κ3) is 3.11. The van der Waals surface area contributed by atoms with Crippen molar-refractivity contribution >= 4 is 16.7 Å². The van der Waals surface area contributed by atoms with Crippen LogP contribution in [0.15, 0.2) is 30.5 Å². The van der Waals surface area contributed by atoms with E-state index >= 15 is 0 Å². The van der Waals surface area contributed by atoms with Crippen LogP contribution in [0.5, 0.6) is 0 Å². The molecule has 2 aromatic rings. The molecule has 0 aliphatic rings. The van der Waals surface area contributed by atoms with Crippen LogP contribution in [0, 0.1) is 0 Å². The monoisotopic (exact) mass is 257 g/mol. The topological polar surface area (TPSA) is 39.2 Å². The zero-order valence-electron chi connectivity index (χ0n) is 11.6. The van der Waals surface area contributed by atoms with Crippen LogP contribution in [0.25, 0.3) is 10.8 Å². The maximum absolute atomic E-state index is 11.2. The van der Waals surface area contributed by atoms with Gasteiger partial charge in [-0.3, -0.25) is 9.78 Å². The molecule has 3 heteroatoms. The molecule has 1 aromatic carbocycles. The SMILES string of the molecule is COC(=O)CCc1nccc2ccc(C(C)C)cc12. The molecule has 1 aromatic heterocycles. The van der Waals surface area contributed by atoms with Crippen molar-refractivity contribution in [3.8, 4) is 0 Å². The maximum atomic E-state index is 11.2. The molecule has 0 fully saturated rings. The molecule has 0 aliphatic heterocycles. The van der Waals surface area contributed by atoms with E-state index in [1.165, 1.54) is 18.1 Å². The summed E-state index contributed by atoms with van der Waals surface area (Å²) in [5.41, 5.74) is 2.25. The Bertz CT molecular complexity index is 590. The van der Waals surface area contributed by atoms with Crippen LogP contribution >= 0.6 is 0 Å². The Balaban J connectivity index is 2.36. The lowest BCUT2D eigenvalue weighted by molar-refractivity contribution is -0.140. The van der Waals surface area contributed by atoms with Gasteiger partial charge in [-0.05, 0) is 29.0 Å². The van der Waals surface area contributed by atoms with Gasteiger partial charge in [0.1, 0.15) is 0 Å². The fourth-order valence-electron chi connectivity index (χ4n) is 2.13. The van der Waals surface area contributed by atoms with E-state index in [1.54, 1.807) is 6.20 Å². The lowest BCUT2D eigenvalue weighted by atomic mass is 9.98. The lowest BCUT2D eigenvalue weighted by Gasteiger charge is -2.09. The number of aromatic nitrogens is 1. The van der Waals surface area contributed by atoms with E-state index in [0.717, 1.165) is 11.1 Å². The number of carbonyl (C=O) groups is 1. The largest absolute Gasteiger partial charge is 0.469 e. The first kappa shape index (κ1) is 13.5. The van der Waals surface area contributed by atoms with Gasteiger partial charge in [0.15, 0.2) is 0 Å². The number of fused-ring (bicyclic) bond motifs is 1. The number of esters is 1. The van der Waals surface area contributed by atoms with Gasteiger partial charge >= 0.3 is 5.97 Å². The van der Waals surface area contributed by atoms with E-state index in [9.17, 15) is 4.79 Å². The smallest absolute Gasteiger partial charge is 0.305 e. The summed E-state index contributed by atoms with van der Waals surface area (Å²) >= 11 is 0. The predicted octanol–water partition coefficient (Wildman–Crippen LogP) is 3.46. The van der Waals surface area contributed by atoms with Gasteiger partial charge in [-0.25, -0.2) is 0 Å². The molecule has 0 atom stereocenters. The van der Waals surface area contributed by atoms with Crippen molar-refractivity contribution in [1.82, 2.24) is 4.98 Å². The van der Waals surface area contributed by atoms with Crippen molar-refractivity contribution < 1.29 is 9.53 Å². The van der Waals surface area contributed by atoms with E-state index < -0.39 is 0 Å². The first-order chi connectivity index (χ1) is 9.11. The Morgan fingerprint density at radius 3 is 2.79 bits per heavy atom. The van der Waals surface area contributed by atoms with Crippen LogP contribution in [0.2, 0.25) is 0 Å². The maximum Gasteiger partial charge on any atom is 0.305 e. The number of ether oxygens (including phenoxy) is 1. The van der Waals surface area contributed by atoms with Gasteiger partial charge in [0.25, 0.3) is 0 Å². The molecule has 0 spiro atoms. The first-order valence-corrected chi connectivity index (χ1v) is 6.56. The number of carbonyl (C=O) groups excluding carboxylic acids is 1. The Labute approximate surface area is 113 Å². The standard InChI is InChI=1S/C16H19NO2/c1-11(2)13-5-4-12-8-9-17-15(14(12)10-13)6-7-16(18)19-3/h4-5,8-11H,6-7H2,1-3H3. The Morgan fingerprint density at radius 1 is 1.32 bits per heavy atom. The normalized spacial score (nSPS) is 10.9. The van der Waals surface area contributed by atoms with Crippen LogP contribution in [0.4, 0.5) is 0 Å². The number of nitrogens with zero attached hydrogens (tertiary/aromatic N) is 1. The fraction of sp³-hybridized carbons (Fsp3) is 0.375. The summed E-state index contributed by atoms with van der Waals surface area (Å²) in [5.74, 6) is 0.289. The van der Waals surface area contributed by atoms with Crippen LogP contribution in [0.3, 0.4) is 0 Å². The molecule has 0 amide bonds. The number of rotatable bonds is 4. The summed E-state index contributed by atoms with van der Waals surface area (Å²) in [6.45, 7) is 4.34. The van der Waals surface area contributed by atoms with Crippen molar-refractivity contribution in [3.05, 3.63) is 41.7 Å². The number of aryl methyl sites for hydroxylation is 1. The Morgan fingerprint density at radius 2 is 2.11 bits per heavy atom. The van der Waals surface area contributed by atoms with E-state index in [1.807, 2.05) is 6.07 Å². The summed E-state index contributed by atoms with van der Waals surface area (Å²) < 4.78 is 4.68. The fourth-order valence-corrected chi connectivity index (χ4v) is 2.13. The highest BCUT2D eigenvalue weighted by Crippen LogP contribution is 2.23.